The number of benzene rings is 1. The Morgan fingerprint density at radius 2 is 1.93 bits per heavy atom. The van der Waals surface area contributed by atoms with Gasteiger partial charge in [-0.1, -0.05) is 19.1 Å². The number of rotatable bonds is 9. The van der Waals surface area contributed by atoms with Crippen molar-refractivity contribution in [1.82, 2.24) is 15.6 Å². The van der Waals surface area contributed by atoms with Crippen molar-refractivity contribution >= 4 is 41.3 Å². The smallest absolute Gasteiger partial charge is 0.191 e. The fourth-order valence-corrected chi connectivity index (χ4v) is 3.17. The molecular formula is C20H31IN4O2S. The minimum absolute atomic E-state index is 0. The molecule has 0 radical (unpaired) electrons. The van der Waals surface area contributed by atoms with Crippen LogP contribution in [0.5, 0.6) is 5.75 Å². The van der Waals surface area contributed by atoms with Crippen LogP contribution in [0.25, 0.3) is 0 Å². The van der Waals surface area contributed by atoms with E-state index in [1.807, 2.05) is 50.4 Å². The van der Waals surface area contributed by atoms with Crippen molar-refractivity contribution in [2.75, 3.05) is 13.1 Å². The molecule has 0 aliphatic carbocycles. The minimum Gasteiger partial charge on any atom is -0.491 e. The molecule has 0 bridgehead atoms. The summed E-state index contributed by atoms with van der Waals surface area (Å²) in [5.41, 5.74) is 1.80. The number of nitrogens with one attached hydrogen (secondary N) is 2. The number of hydrogen-bond donors (Lipinski definition) is 3. The molecule has 1 unspecified atom stereocenters. The number of guanidine groups is 1. The average Bonchev–Trinajstić information content (AvgIpc) is 3.12. The lowest BCUT2D eigenvalue weighted by Crippen LogP contribution is -2.39. The number of ether oxygens (including phenoxy) is 1. The van der Waals surface area contributed by atoms with Crippen LogP contribution in [-0.4, -0.2) is 35.2 Å². The van der Waals surface area contributed by atoms with Gasteiger partial charge in [-0.3, -0.25) is 0 Å². The normalized spacial score (nSPS) is 12.4. The quantitative estimate of drug-likeness (QED) is 0.267. The SMILES string of the molecule is CCNC(=NCc1csc(CC)n1)NCC(O)c1ccc(OC(C)C)cc1.I. The molecule has 0 amide bonds. The topological polar surface area (TPSA) is 78.8 Å². The lowest BCUT2D eigenvalue weighted by Gasteiger charge is -2.16. The standard InChI is InChI=1S/C20H30N4O2S.HI/c1-5-19-24-16(13-27-19)11-22-20(21-6-2)23-12-18(25)15-7-9-17(10-8-15)26-14(3)4;/h7-10,13-14,18,25H,5-6,11-12H2,1-4H3,(H2,21,22,23);1H. The monoisotopic (exact) mass is 518 g/mol. The van der Waals surface area contributed by atoms with E-state index >= 15 is 0 Å². The fraction of sp³-hybridized carbons (Fsp3) is 0.500. The Balaban J connectivity index is 0.00000392. The van der Waals surface area contributed by atoms with Crippen LogP contribution in [0.1, 0.15) is 50.1 Å². The highest BCUT2D eigenvalue weighted by atomic mass is 127. The van der Waals surface area contributed by atoms with Crippen molar-refractivity contribution in [2.24, 2.45) is 4.99 Å². The number of aliphatic hydroxyl groups is 1. The minimum atomic E-state index is -0.632. The second-order valence-corrected chi connectivity index (χ2v) is 7.36. The summed E-state index contributed by atoms with van der Waals surface area (Å²) in [4.78, 5) is 9.08. The van der Waals surface area contributed by atoms with E-state index in [0.717, 1.165) is 35.0 Å². The molecule has 0 spiro atoms. The molecule has 28 heavy (non-hydrogen) atoms. The molecule has 1 heterocycles. The van der Waals surface area contributed by atoms with Crippen molar-refractivity contribution in [1.29, 1.82) is 0 Å². The summed E-state index contributed by atoms with van der Waals surface area (Å²) >= 11 is 1.66. The zero-order valence-corrected chi connectivity index (χ0v) is 20.1. The van der Waals surface area contributed by atoms with E-state index in [1.165, 1.54) is 0 Å². The summed E-state index contributed by atoms with van der Waals surface area (Å²) in [5, 5.41) is 20.0. The molecule has 0 aliphatic rings. The Morgan fingerprint density at radius 1 is 1.21 bits per heavy atom. The van der Waals surface area contributed by atoms with Gasteiger partial charge in [-0.25, -0.2) is 9.98 Å². The average molecular weight is 518 g/mol. The fourth-order valence-electron chi connectivity index (χ4n) is 2.44. The Morgan fingerprint density at radius 3 is 2.50 bits per heavy atom. The first-order chi connectivity index (χ1) is 13.0. The second kappa shape index (κ2) is 12.9. The molecule has 156 valence electrons. The maximum atomic E-state index is 10.4. The third-order valence-electron chi connectivity index (χ3n) is 3.74. The zero-order chi connectivity index (χ0) is 19.6. The molecule has 3 N–H and O–H groups in total. The summed E-state index contributed by atoms with van der Waals surface area (Å²) < 4.78 is 5.63. The van der Waals surface area contributed by atoms with Crippen LogP contribution in [0.15, 0.2) is 34.6 Å². The number of aromatic nitrogens is 1. The molecule has 2 rings (SSSR count). The van der Waals surface area contributed by atoms with Crippen LogP contribution in [0.4, 0.5) is 0 Å². The molecule has 2 aromatic rings. The summed E-state index contributed by atoms with van der Waals surface area (Å²) in [7, 11) is 0. The van der Waals surface area contributed by atoms with Gasteiger partial charge < -0.3 is 20.5 Å². The molecule has 0 aliphatic heterocycles. The number of aliphatic hydroxyl groups excluding tert-OH is 1. The molecule has 1 aromatic heterocycles. The highest BCUT2D eigenvalue weighted by Crippen LogP contribution is 2.18. The van der Waals surface area contributed by atoms with Crippen LogP contribution in [0.3, 0.4) is 0 Å². The van der Waals surface area contributed by atoms with Crippen molar-refractivity contribution in [2.45, 2.75) is 52.9 Å². The summed E-state index contributed by atoms with van der Waals surface area (Å²) in [6.07, 6.45) is 0.445. The van der Waals surface area contributed by atoms with Crippen LogP contribution in [-0.2, 0) is 13.0 Å². The van der Waals surface area contributed by atoms with Gasteiger partial charge in [-0.05, 0) is 44.9 Å². The van der Waals surface area contributed by atoms with Crippen molar-refractivity contribution in [3.05, 3.63) is 45.9 Å². The highest BCUT2D eigenvalue weighted by Gasteiger charge is 2.09. The first-order valence-corrected chi connectivity index (χ1v) is 10.3. The van der Waals surface area contributed by atoms with Crippen LogP contribution in [0, 0.1) is 0 Å². The first kappa shape index (κ1) is 24.6. The number of thiazole rings is 1. The largest absolute Gasteiger partial charge is 0.491 e. The highest BCUT2D eigenvalue weighted by molar-refractivity contribution is 14.0. The van der Waals surface area contributed by atoms with E-state index in [0.29, 0.717) is 19.0 Å². The summed E-state index contributed by atoms with van der Waals surface area (Å²) in [5.74, 6) is 1.47. The summed E-state index contributed by atoms with van der Waals surface area (Å²) in [6, 6.07) is 7.53. The molecule has 0 saturated heterocycles. The molecule has 8 heteroatoms. The van der Waals surface area contributed by atoms with Crippen LogP contribution < -0.4 is 15.4 Å². The van der Waals surface area contributed by atoms with E-state index in [2.05, 4.69) is 27.5 Å². The number of hydrogen-bond acceptors (Lipinski definition) is 5. The Bertz CT molecular complexity index is 719. The van der Waals surface area contributed by atoms with Gasteiger partial charge in [0, 0.05) is 18.5 Å². The van der Waals surface area contributed by atoms with E-state index in [-0.39, 0.29) is 30.1 Å². The van der Waals surface area contributed by atoms with Gasteiger partial charge in [0.1, 0.15) is 5.75 Å². The lowest BCUT2D eigenvalue weighted by molar-refractivity contribution is 0.180. The van der Waals surface area contributed by atoms with Crippen LogP contribution in [0.2, 0.25) is 0 Å². The van der Waals surface area contributed by atoms with Gasteiger partial charge >= 0.3 is 0 Å². The van der Waals surface area contributed by atoms with Gasteiger partial charge in [0.25, 0.3) is 0 Å². The van der Waals surface area contributed by atoms with E-state index in [9.17, 15) is 5.11 Å². The summed E-state index contributed by atoms with van der Waals surface area (Å²) in [6.45, 7) is 9.72. The van der Waals surface area contributed by atoms with Crippen molar-refractivity contribution in [3.8, 4) is 5.75 Å². The van der Waals surface area contributed by atoms with Gasteiger partial charge in [0.05, 0.1) is 29.5 Å². The second-order valence-electron chi connectivity index (χ2n) is 6.41. The van der Waals surface area contributed by atoms with Crippen molar-refractivity contribution < 1.29 is 9.84 Å². The molecule has 1 aromatic carbocycles. The number of aliphatic imine (C=N–C) groups is 1. The van der Waals surface area contributed by atoms with E-state index in [1.54, 1.807) is 11.3 Å². The zero-order valence-electron chi connectivity index (χ0n) is 16.9. The maximum Gasteiger partial charge on any atom is 0.191 e. The number of aryl methyl sites for hydroxylation is 1. The maximum absolute atomic E-state index is 10.4. The molecule has 1 atom stereocenters. The lowest BCUT2D eigenvalue weighted by atomic mass is 10.1. The Kier molecular flexibility index (Phi) is 11.4. The van der Waals surface area contributed by atoms with E-state index < -0.39 is 6.10 Å². The number of nitrogens with zero attached hydrogens (tertiary/aromatic N) is 2. The van der Waals surface area contributed by atoms with Crippen molar-refractivity contribution in [3.63, 3.8) is 0 Å². The third kappa shape index (κ3) is 8.32. The molecule has 6 nitrogen and oxygen atoms in total. The van der Waals surface area contributed by atoms with Gasteiger partial charge in [-0.2, -0.15) is 0 Å². The number of halogens is 1. The van der Waals surface area contributed by atoms with E-state index in [4.69, 9.17) is 4.74 Å². The molecule has 0 saturated carbocycles. The van der Waals surface area contributed by atoms with Gasteiger partial charge in [0.15, 0.2) is 5.96 Å². The Labute approximate surface area is 188 Å². The predicted octanol–water partition coefficient (Wildman–Crippen LogP) is 3.90. The van der Waals surface area contributed by atoms with Gasteiger partial charge in [-0.15, -0.1) is 35.3 Å². The molecular weight excluding hydrogens is 487 g/mol. The Hall–Kier alpha value is -1.39. The molecule has 0 fully saturated rings. The predicted molar refractivity (Wildman–Crippen MR) is 127 cm³/mol. The third-order valence-corrected chi connectivity index (χ3v) is 4.79. The van der Waals surface area contributed by atoms with Crippen LogP contribution >= 0.6 is 35.3 Å². The first-order valence-electron chi connectivity index (χ1n) is 9.41. The van der Waals surface area contributed by atoms with Gasteiger partial charge in [0.2, 0.25) is 0 Å².